The molecule has 0 amide bonds. The van der Waals surface area contributed by atoms with Crippen molar-refractivity contribution in [2.75, 3.05) is 5.73 Å². The summed E-state index contributed by atoms with van der Waals surface area (Å²) in [6, 6.07) is 5.30. The lowest BCUT2D eigenvalue weighted by molar-refractivity contribution is 0.568. The third-order valence-corrected chi connectivity index (χ3v) is 2.79. The molecule has 0 bridgehead atoms. The van der Waals surface area contributed by atoms with E-state index in [9.17, 15) is 0 Å². The van der Waals surface area contributed by atoms with Crippen molar-refractivity contribution < 1.29 is 0 Å². The molecule has 5 heteroatoms. The first-order valence-electron chi connectivity index (χ1n) is 5.64. The quantitative estimate of drug-likeness (QED) is 0.858. The lowest BCUT2D eigenvalue weighted by Crippen LogP contribution is -2.15. The molecule has 2 N–H and O–H groups in total. The molecule has 0 aliphatic carbocycles. The van der Waals surface area contributed by atoms with Crippen LogP contribution in [0.15, 0.2) is 24.4 Å². The van der Waals surface area contributed by atoms with Gasteiger partial charge in [-0.1, -0.05) is 32.4 Å². The molecule has 0 saturated heterocycles. The van der Waals surface area contributed by atoms with Gasteiger partial charge in [0, 0.05) is 17.7 Å². The highest BCUT2D eigenvalue weighted by Crippen LogP contribution is 2.27. The van der Waals surface area contributed by atoms with Crippen LogP contribution in [-0.4, -0.2) is 15.0 Å². The maximum atomic E-state index is 6.09. The summed E-state index contributed by atoms with van der Waals surface area (Å²) in [5.41, 5.74) is 7.14. The van der Waals surface area contributed by atoms with E-state index >= 15 is 0 Å². The standard InChI is InChI=1S/C13H15ClN4/c1-13(2,3)9-7-10(15)18-12(17-9)11-8(14)5-4-6-16-11/h4-7H,1-3H3,(H2,15,17,18). The van der Waals surface area contributed by atoms with Crippen molar-refractivity contribution in [1.82, 2.24) is 15.0 Å². The van der Waals surface area contributed by atoms with Crippen molar-refractivity contribution >= 4 is 17.4 Å². The Morgan fingerprint density at radius 3 is 2.56 bits per heavy atom. The molecule has 4 nitrogen and oxygen atoms in total. The summed E-state index contributed by atoms with van der Waals surface area (Å²) in [5, 5.41) is 0.517. The number of nitrogens with two attached hydrogens (primary N) is 1. The number of halogens is 1. The highest BCUT2D eigenvalue weighted by Gasteiger charge is 2.19. The molecule has 2 heterocycles. The lowest BCUT2D eigenvalue weighted by atomic mass is 9.92. The van der Waals surface area contributed by atoms with Gasteiger partial charge < -0.3 is 5.73 Å². The summed E-state index contributed by atoms with van der Waals surface area (Å²) in [5.74, 6) is 0.886. The minimum absolute atomic E-state index is 0.104. The molecule has 0 atom stereocenters. The van der Waals surface area contributed by atoms with E-state index in [1.54, 1.807) is 24.4 Å². The summed E-state index contributed by atoms with van der Waals surface area (Å²) in [7, 11) is 0. The largest absolute Gasteiger partial charge is 0.384 e. The van der Waals surface area contributed by atoms with Crippen LogP contribution < -0.4 is 5.73 Å². The maximum Gasteiger partial charge on any atom is 0.181 e. The lowest BCUT2D eigenvalue weighted by Gasteiger charge is -2.18. The number of hydrogen-bond donors (Lipinski definition) is 1. The van der Waals surface area contributed by atoms with Crippen molar-refractivity contribution in [2.45, 2.75) is 26.2 Å². The van der Waals surface area contributed by atoms with E-state index < -0.39 is 0 Å². The molecule has 0 fully saturated rings. The zero-order valence-electron chi connectivity index (χ0n) is 10.6. The van der Waals surface area contributed by atoms with Crippen LogP contribution in [0, 0.1) is 0 Å². The second kappa shape index (κ2) is 4.53. The van der Waals surface area contributed by atoms with Gasteiger partial charge >= 0.3 is 0 Å². The Morgan fingerprint density at radius 2 is 1.94 bits per heavy atom. The number of pyridine rings is 1. The van der Waals surface area contributed by atoms with Gasteiger partial charge in [0.2, 0.25) is 0 Å². The van der Waals surface area contributed by atoms with Crippen LogP contribution in [0.1, 0.15) is 26.5 Å². The minimum Gasteiger partial charge on any atom is -0.384 e. The summed E-state index contributed by atoms with van der Waals surface area (Å²) in [6.45, 7) is 6.20. The van der Waals surface area contributed by atoms with E-state index in [-0.39, 0.29) is 5.41 Å². The SMILES string of the molecule is CC(C)(C)c1cc(N)nc(-c2ncccc2Cl)n1. The summed E-state index contributed by atoms with van der Waals surface area (Å²) in [6.07, 6.45) is 1.66. The number of hydrogen-bond acceptors (Lipinski definition) is 4. The minimum atomic E-state index is -0.104. The molecule has 2 rings (SSSR count). The second-order valence-electron chi connectivity index (χ2n) is 5.09. The van der Waals surface area contributed by atoms with Crippen LogP contribution in [0.5, 0.6) is 0 Å². The smallest absolute Gasteiger partial charge is 0.181 e. The van der Waals surface area contributed by atoms with Gasteiger partial charge in [-0.2, -0.15) is 0 Å². The summed E-state index contributed by atoms with van der Waals surface area (Å²) >= 11 is 6.09. The van der Waals surface area contributed by atoms with E-state index in [2.05, 4.69) is 35.7 Å². The molecule has 94 valence electrons. The predicted molar refractivity (Wildman–Crippen MR) is 73.4 cm³/mol. The Kier molecular flexibility index (Phi) is 3.22. The summed E-state index contributed by atoms with van der Waals surface area (Å²) in [4.78, 5) is 12.9. The van der Waals surface area contributed by atoms with Gasteiger partial charge in [0.15, 0.2) is 5.82 Å². The molecular formula is C13H15ClN4. The van der Waals surface area contributed by atoms with E-state index in [0.717, 1.165) is 5.69 Å². The van der Waals surface area contributed by atoms with Gasteiger partial charge in [0.25, 0.3) is 0 Å². The molecular weight excluding hydrogens is 248 g/mol. The number of rotatable bonds is 1. The molecule has 0 saturated carbocycles. The molecule has 0 aromatic carbocycles. The van der Waals surface area contributed by atoms with Gasteiger partial charge in [0.1, 0.15) is 11.5 Å². The topological polar surface area (TPSA) is 64.7 Å². The fourth-order valence-corrected chi connectivity index (χ4v) is 1.71. The monoisotopic (exact) mass is 262 g/mol. The number of nitrogens with zero attached hydrogens (tertiary/aromatic N) is 3. The average molecular weight is 263 g/mol. The third-order valence-electron chi connectivity index (χ3n) is 2.48. The molecule has 0 unspecified atom stereocenters. The second-order valence-corrected chi connectivity index (χ2v) is 5.49. The van der Waals surface area contributed by atoms with Crippen LogP contribution >= 0.6 is 11.6 Å². The Balaban J connectivity index is 2.60. The Morgan fingerprint density at radius 1 is 1.22 bits per heavy atom. The van der Waals surface area contributed by atoms with E-state index in [4.69, 9.17) is 17.3 Å². The van der Waals surface area contributed by atoms with Crippen molar-refractivity contribution in [3.05, 3.63) is 35.1 Å². The first-order valence-corrected chi connectivity index (χ1v) is 6.01. The fourth-order valence-electron chi connectivity index (χ4n) is 1.51. The van der Waals surface area contributed by atoms with Crippen molar-refractivity contribution in [3.63, 3.8) is 0 Å². The van der Waals surface area contributed by atoms with Crippen LogP contribution in [-0.2, 0) is 5.41 Å². The van der Waals surface area contributed by atoms with Crippen molar-refractivity contribution in [3.8, 4) is 11.5 Å². The molecule has 0 aliphatic rings. The first-order chi connectivity index (χ1) is 8.38. The number of aromatic nitrogens is 3. The number of anilines is 1. The zero-order valence-corrected chi connectivity index (χ0v) is 11.4. The third kappa shape index (κ3) is 2.59. The Labute approximate surface area is 111 Å². The van der Waals surface area contributed by atoms with E-state index in [1.165, 1.54) is 0 Å². The molecule has 2 aromatic rings. The first kappa shape index (κ1) is 12.8. The van der Waals surface area contributed by atoms with Crippen LogP contribution in [0.2, 0.25) is 5.02 Å². The van der Waals surface area contributed by atoms with Crippen LogP contribution in [0.4, 0.5) is 5.82 Å². The van der Waals surface area contributed by atoms with Gasteiger partial charge in [0.05, 0.1) is 10.7 Å². The average Bonchev–Trinajstić information content (AvgIpc) is 2.27. The zero-order chi connectivity index (χ0) is 13.3. The predicted octanol–water partition coefficient (Wildman–Crippen LogP) is 3.07. The molecule has 2 aromatic heterocycles. The van der Waals surface area contributed by atoms with Crippen molar-refractivity contribution in [1.29, 1.82) is 0 Å². The van der Waals surface area contributed by atoms with Gasteiger partial charge in [-0.05, 0) is 12.1 Å². The highest BCUT2D eigenvalue weighted by molar-refractivity contribution is 6.32. The maximum absolute atomic E-state index is 6.09. The van der Waals surface area contributed by atoms with Crippen LogP contribution in [0.3, 0.4) is 0 Å². The molecule has 0 spiro atoms. The molecule has 0 aliphatic heterocycles. The number of nitrogen functional groups attached to an aromatic ring is 1. The van der Waals surface area contributed by atoms with Gasteiger partial charge in [-0.3, -0.25) is 4.98 Å². The van der Waals surface area contributed by atoms with Gasteiger partial charge in [-0.15, -0.1) is 0 Å². The molecule has 18 heavy (non-hydrogen) atoms. The van der Waals surface area contributed by atoms with E-state index in [0.29, 0.717) is 22.4 Å². The Bertz CT molecular complexity index is 575. The Hall–Kier alpha value is -1.68. The van der Waals surface area contributed by atoms with Crippen molar-refractivity contribution in [2.24, 2.45) is 0 Å². The van der Waals surface area contributed by atoms with E-state index in [1.807, 2.05) is 0 Å². The van der Waals surface area contributed by atoms with Crippen LogP contribution in [0.25, 0.3) is 11.5 Å². The van der Waals surface area contributed by atoms with Gasteiger partial charge in [-0.25, -0.2) is 9.97 Å². The normalized spacial score (nSPS) is 11.6. The summed E-state index contributed by atoms with van der Waals surface area (Å²) < 4.78 is 0. The fraction of sp³-hybridized carbons (Fsp3) is 0.308. The highest BCUT2D eigenvalue weighted by atomic mass is 35.5. The molecule has 0 radical (unpaired) electrons.